The molecule has 0 saturated heterocycles. The highest BCUT2D eigenvalue weighted by Gasteiger charge is 2.15. The fraction of sp³-hybridized carbons (Fsp3) is 0.182. The molecule has 0 atom stereocenters. The quantitative estimate of drug-likeness (QED) is 0.837. The minimum absolute atomic E-state index is 0.449. The van der Waals surface area contributed by atoms with Crippen LogP contribution in [0.15, 0.2) is 22.7 Å². The lowest BCUT2D eigenvalue weighted by atomic mass is 10.1. The van der Waals surface area contributed by atoms with Crippen LogP contribution in [0.3, 0.4) is 0 Å². The van der Waals surface area contributed by atoms with Gasteiger partial charge in [-0.05, 0) is 12.1 Å². The molecule has 0 aliphatic rings. The van der Waals surface area contributed by atoms with Gasteiger partial charge in [0.2, 0.25) is 0 Å². The third-order valence-corrected chi connectivity index (χ3v) is 3.41. The summed E-state index contributed by atoms with van der Waals surface area (Å²) in [6, 6.07) is 5.46. The van der Waals surface area contributed by atoms with Crippen LogP contribution in [0.1, 0.15) is 12.7 Å². The molecule has 17 heavy (non-hydrogen) atoms. The normalized spacial score (nSPS) is 10.8. The predicted molar refractivity (Wildman–Crippen MR) is 74.3 cm³/mol. The Morgan fingerprint density at radius 3 is 2.71 bits per heavy atom. The molecule has 0 spiro atoms. The Morgan fingerprint density at radius 2 is 2.18 bits per heavy atom. The van der Waals surface area contributed by atoms with Gasteiger partial charge in [0.05, 0.1) is 0 Å². The van der Waals surface area contributed by atoms with Crippen LogP contribution in [0.5, 0.6) is 0 Å². The Balaban J connectivity index is 2.60. The zero-order valence-corrected chi connectivity index (χ0v) is 11.6. The van der Waals surface area contributed by atoms with E-state index in [2.05, 4.69) is 20.9 Å². The third-order valence-electron chi connectivity index (χ3n) is 2.52. The Labute approximate surface area is 113 Å². The van der Waals surface area contributed by atoms with Gasteiger partial charge in [0.25, 0.3) is 0 Å². The number of nitrogen functional groups attached to an aromatic ring is 2. The number of imidazole rings is 1. The molecule has 1 aromatic heterocycles. The minimum Gasteiger partial charge on any atom is -0.382 e. The standard InChI is InChI=1S/C11H12BrClN4/c1-2-9-16-10(11(14)17(9)15)7-4-3-6(13)5-8(7)12/h3-5H,2,14-15H2,1H3. The fourth-order valence-corrected chi connectivity index (χ4v) is 2.49. The van der Waals surface area contributed by atoms with Crippen LogP contribution in [-0.2, 0) is 6.42 Å². The molecule has 1 aromatic carbocycles. The van der Waals surface area contributed by atoms with Crippen LogP contribution in [0, 0.1) is 0 Å². The van der Waals surface area contributed by atoms with E-state index in [9.17, 15) is 0 Å². The molecular weight excluding hydrogens is 304 g/mol. The second-order valence-corrected chi connectivity index (χ2v) is 4.90. The van der Waals surface area contributed by atoms with E-state index < -0.39 is 0 Å². The van der Waals surface area contributed by atoms with Crippen LogP contribution in [0.4, 0.5) is 5.82 Å². The van der Waals surface area contributed by atoms with E-state index in [1.807, 2.05) is 13.0 Å². The van der Waals surface area contributed by atoms with Gasteiger partial charge in [0, 0.05) is 21.5 Å². The summed E-state index contributed by atoms with van der Waals surface area (Å²) in [6.07, 6.45) is 0.728. The van der Waals surface area contributed by atoms with Crippen molar-refractivity contribution in [3.8, 4) is 11.3 Å². The minimum atomic E-state index is 0.449. The molecule has 2 aromatic rings. The predicted octanol–water partition coefficient (Wildman–Crippen LogP) is 2.82. The summed E-state index contributed by atoms with van der Waals surface area (Å²) >= 11 is 9.34. The summed E-state index contributed by atoms with van der Waals surface area (Å²) in [4.78, 5) is 4.43. The van der Waals surface area contributed by atoms with Crippen molar-refractivity contribution in [3.63, 3.8) is 0 Å². The average Bonchev–Trinajstić information content (AvgIpc) is 2.57. The molecule has 0 unspecified atom stereocenters. The summed E-state index contributed by atoms with van der Waals surface area (Å²) in [5, 5.41) is 0.655. The first-order chi connectivity index (χ1) is 8.04. The summed E-state index contributed by atoms with van der Waals surface area (Å²) in [5.41, 5.74) is 7.49. The number of hydrogen-bond donors (Lipinski definition) is 2. The topological polar surface area (TPSA) is 69.9 Å². The van der Waals surface area contributed by atoms with Crippen molar-refractivity contribution in [3.05, 3.63) is 33.5 Å². The number of rotatable bonds is 2. The number of halogens is 2. The van der Waals surface area contributed by atoms with E-state index in [1.165, 1.54) is 4.68 Å². The molecule has 0 aliphatic heterocycles. The van der Waals surface area contributed by atoms with E-state index >= 15 is 0 Å². The maximum atomic E-state index is 5.94. The van der Waals surface area contributed by atoms with Gasteiger partial charge in [-0.2, -0.15) is 0 Å². The zero-order chi connectivity index (χ0) is 12.6. The third kappa shape index (κ3) is 2.12. The van der Waals surface area contributed by atoms with Gasteiger partial charge in [0.15, 0.2) is 5.82 Å². The second-order valence-electron chi connectivity index (χ2n) is 3.61. The lowest BCUT2D eigenvalue weighted by molar-refractivity contribution is 0.865. The number of aryl methyl sites for hydroxylation is 1. The first-order valence-corrected chi connectivity index (χ1v) is 6.29. The molecule has 90 valence electrons. The van der Waals surface area contributed by atoms with Gasteiger partial charge in [0.1, 0.15) is 11.5 Å². The van der Waals surface area contributed by atoms with Crippen molar-refractivity contribution in [2.24, 2.45) is 0 Å². The summed E-state index contributed by atoms with van der Waals surface area (Å²) in [7, 11) is 0. The molecule has 1 heterocycles. The maximum absolute atomic E-state index is 5.94. The smallest absolute Gasteiger partial charge is 0.150 e. The number of nitrogens with zero attached hydrogens (tertiary/aromatic N) is 2. The first kappa shape index (κ1) is 12.3. The summed E-state index contributed by atoms with van der Waals surface area (Å²) < 4.78 is 2.26. The van der Waals surface area contributed by atoms with Crippen LogP contribution in [-0.4, -0.2) is 9.66 Å². The Morgan fingerprint density at radius 1 is 1.47 bits per heavy atom. The molecule has 0 radical (unpaired) electrons. The molecular formula is C11H12BrClN4. The number of benzene rings is 1. The van der Waals surface area contributed by atoms with E-state index in [0.717, 1.165) is 22.3 Å². The Hall–Kier alpha value is -1.20. The van der Waals surface area contributed by atoms with Crippen molar-refractivity contribution < 1.29 is 0 Å². The summed E-state index contributed by atoms with van der Waals surface area (Å²) in [5.74, 6) is 7.02. The van der Waals surface area contributed by atoms with E-state index in [1.54, 1.807) is 12.1 Å². The van der Waals surface area contributed by atoms with Gasteiger partial charge in [-0.1, -0.05) is 40.5 Å². The second kappa shape index (κ2) is 4.58. The van der Waals surface area contributed by atoms with Crippen molar-refractivity contribution >= 4 is 33.3 Å². The highest BCUT2D eigenvalue weighted by molar-refractivity contribution is 9.10. The number of anilines is 1. The van der Waals surface area contributed by atoms with Gasteiger partial charge in [-0.15, -0.1) is 0 Å². The summed E-state index contributed by atoms with van der Waals surface area (Å²) in [6.45, 7) is 1.98. The fourth-order valence-electron chi connectivity index (χ4n) is 1.62. The molecule has 4 N–H and O–H groups in total. The van der Waals surface area contributed by atoms with E-state index in [0.29, 0.717) is 16.5 Å². The van der Waals surface area contributed by atoms with Crippen molar-refractivity contribution in [2.75, 3.05) is 11.6 Å². The largest absolute Gasteiger partial charge is 0.382 e. The van der Waals surface area contributed by atoms with Gasteiger partial charge in [-0.3, -0.25) is 0 Å². The van der Waals surface area contributed by atoms with Gasteiger partial charge >= 0.3 is 0 Å². The van der Waals surface area contributed by atoms with Crippen molar-refractivity contribution in [1.29, 1.82) is 0 Å². The highest BCUT2D eigenvalue weighted by atomic mass is 79.9. The monoisotopic (exact) mass is 314 g/mol. The lowest BCUT2D eigenvalue weighted by Crippen LogP contribution is -2.14. The van der Waals surface area contributed by atoms with Gasteiger partial charge in [-0.25, -0.2) is 9.66 Å². The molecule has 4 nitrogen and oxygen atoms in total. The number of aromatic nitrogens is 2. The molecule has 0 aliphatic carbocycles. The molecule has 0 amide bonds. The molecule has 0 fully saturated rings. The highest BCUT2D eigenvalue weighted by Crippen LogP contribution is 2.33. The van der Waals surface area contributed by atoms with Crippen LogP contribution >= 0.6 is 27.5 Å². The first-order valence-electron chi connectivity index (χ1n) is 5.12. The molecule has 0 bridgehead atoms. The van der Waals surface area contributed by atoms with Crippen molar-refractivity contribution in [2.45, 2.75) is 13.3 Å². The van der Waals surface area contributed by atoms with Crippen LogP contribution in [0.25, 0.3) is 11.3 Å². The van der Waals surface area contributed by atoms with Crippen molar-refractivity contribution in [1.82, 2.24) is 9.66 Å². The van der Waals surface area contributed by atoms with Crippen LogP contribution in [0.2, 0.25) is 5.02 Å². The lowest BCUT2D eigenvalue weighted by Gasteiger charge is -2.03. The Bertz CT molecular complexity index is 565. The Kier molecular flexibility index (Phi) is 3.31. The molecule has 6 heteroatoms. The van der Waals surface area contributed by atoms with Crippen LogP contribution < -0.4 is 11.6 Å². The average molecular weight is 316 g/mol. The number of hydrogen-bond acceptors (Lipinski definition) is 3. The maximum Gasteiger partial charge on any atom is 0.150 e. The van der Waals surface area contributed by atoms with E-state index in [-0.39, 0.29) is 0 Å². The van der Waals surface area contributed by atoms with Gasteiger partial charge < -0.3 is 11.6 Å². The molecule has 2 rings (SSSR count). The zero-order valence-electron chi connectivity index (χ0n) is 9.24. The molecule has 0 saturated carbocycles. The number of nitrogens with two attached hydrogens (primary N) is 2. The van der Waals surface area contributed by atoms with E-state index in [4.69, 9.17) is 23.2 Å². The SMILES string of the molecule is CCc1nc(-c2ccc(Cl)cc2Br)c(N)n1N.